The lowest BCUT2D eigenvalue weighted by Gasteiger charge is -2.03. The minimum Gasteiger partial charge on any atom is -0.466 e. The molecule has 4 nitrogen and oxygen atoms in total. The van der Waals surface area contributed by atoms with Gasteiger partial charge in [0.1, 0.15) is 0 Å². The topological polar surface area (TPSA) is 52.6 Å². The van der Waals surface area contributed by atoms with Crippen LogP contribution in [-0.2, 0) is 14.3 Å². The molecule has 4 heteroatoms. The van der Waals surface area contributed by atoms with E-state index < -0.39 is 0 Å². The smallest absolute Gasteiger partial charge is 0.338 e. The monoisotopic (exact) mass is 266 g/mol. The van der Waals surface area contributed by atoms with E-state index in [2.05, 4.69) is 4.74 Å². The standard InChI is InChI=1S/C11H14O2.C4H8O2/c1-4-13-11(12)10-6-8(2)5-9(3)7-10;1-3-6-4(2)5/h5-7H,4H2,1-3H3;3H2,1-2H3. The van der Waals surface area contributed by atoms with Gasteiger partial charge in [0, 0.05) is 6.92 Å². The Hall–Kier alpha value is -1.84. The number of rotatable bonds is 3. The van der Waals surface area contributed by atoms with E-state index in [-0.39, 0.29) is 11.9 Å². The van der Waals surface area contributed by atoms with Crippen molar-refractivity contribution in [3.63, 3.8) is 0 Å². The molecule has 0 amide bonds. The summed E-state index contributed by atoms with van der Waals surface area (Å²) in [6, 6.07) is 5.71. The zero-order chi connectivity index (χ0) is 14.8. The number of hydrogen-bond donors (Lipinski definition) is 0. The Kier molecular flexibility index (Phi) is 8.25. The zero-order valence-corrected chi connectivity index (χ0v) is 12.3. The van der Waals surface area contributed by atoms with E-state index in [4.69, 9.17) is 4.74 Å². The van der Waals surface area contributed by atoms with Crippen LogP contribution in [-0.4, -0.2) is 25.2 Å². The maximum Gasteiger partial charge on any atom is 0.338 e. The number of aryl methyl sites for hydroxylation is 2. The van der Waals surface area contributed by atoms with Crippen molar-refractivity contribution < 1.29 is 19.1 Å². The fourth-order valence-electron chi connectivity index (χ4n) is 1.51. The van der Waals surface area contributed by atoms with Gasteiger partial charge in [0.15, 0.2) is 0 Å². The van der Waals surface area contributed by atoms with Gasteiger partial charge < -0.3 is 9.47 Å². The Morgan fingerprint density at radius 2 is 1.42 bits per heavy atom. The van der Waals surface area contributed by atoms with Gasteiger partial charge in [0.2, 0.25) is 0 Å². The molecule has 0 N–H and O–H groups in total. The summed E-state index contributed by atoms with van der Waals surface area (Å²) in [5.74, 6) is -0.452. The molecule has 0 atom stereocenters. The van der Waals surface area contributed by atoms with Crippen LogP contribution in [0.15, 0.2) is 18.2 Å². The predicted octanol–water partition coefficient (Wildman–Crippen LogP) is 3.05. The molecular weight excluding hydrogens is 244 g/mol. The van der Waals surface area contributed by atoms with Gasteiger partial charge in [-0.25, -0.2) is 4.79 Å². The molecule has 1 rings (SSSR count). The highest BCUT2D eigenvalue weighted by atomic mass is 16.5. The minimum atomic E-state index is -0.241. The predicted molar refractivity (Wildman–Crippen MR) is 74.2 cm³/mol. The third kappa shape index (κ3) is 7.97. The fourth-order valence-corrected chi connectivity index (χ4v) is 1.51. The number of esters is 2. The van der Waals surface area contributed by atoms with Crippen molar-refractivity contribution in [1.29, 1.82) is 0 Å². The van der Waals surface area contributed by atoms with Crippen LogP contribution >= 0.6 is 0 Å². The number of hydrogen-bond acceptors (Lipinski definition) is 4. The van der Waals surface area contributed by atoms with Gasteiger partial charge in [-0.05, 0) is 39.8 Å². The van der Waals surface area contributed by atoms with Crippen LogP contribution in [0.5, 0.6) is 0 Å². The molecule has 0 aliphatic heterocycles. The van der Waals surface area contributed by atoms with Gasteiger partial charge in [-0.2, -0.15) is 0 Å². The summed E-state index contributed by atoms with van der Waals surface area (Å²) >= 11 is 0. The van der Waals surface area contributed by atoms with Crippen LogP contribution in [0.4, 0.5) is 0 Å². The van der Waals surface area contributed by atoms with Gasteiger partial charge in [-0.15, -0.1) is 0 Å². The zero-order valence-electron chi connectivity index (χ0n) is 12.3. The van der Waals surface area contributed by atoms with E-state index >= 15 is 0 Å². The molecule has 0 spiro atoms. The average Bonchev–Trinajstić information content (AvgIpc) is 2.28. The summed E-state index contributed by atoms with van der Waals surface area (Å²) in [6.45, 7) is 9.82. The average molecular weight is 266 g/mol. The van der Waals surface area contributed by atoms with E-state index in [0.29, 0.717) is 18.8 Å². The molecule has 106 valence electrons. The van der Waals surface area contributed by atoms with Gasteiger partial charge in [-0.1, -0.05) is 17.2 Å². The van der Waals surface area contributed by atoms with Crippen molar-refractivity contribution in [2.75, 3.05) is 13.2 Å². The first kappa shape index (κ1) is 17.2. The highest BCUT2D eigenvalue weighted by Crippen LogP contribution is 2.09. The molecule has 0 saturated carbocycles. The molecule has 0 aromatic heterocycles. The largest absolute Gasteiger partial charge is 0.466 e. The van der Waals surface area contributed by atoms with E-state index in [1.54, 1.807) is 13.8 Å². The fraction of sp³-hybridized carbons (Fsp3) is 0.467. The number of ether oxygens (including phenoxy) is 2. The molecule has 1 aromatic carbocycles. The van der Waals surface area contributed by atoms with Crippen LogP contribution in [0, 0.1) is 13.8 Å². The van der Waals surface area contributed by atoms with Crippen molar-refractivity contribution in [2.24, 2.45) is 0 Å². The van der Waals surface area contributed by atoms with Crippen molar-refractivity contribution in [3.05, 3.63) is 34.9 Å². The van der Waals surface area contributed by atoms with E-state index in [1.807, 2.05) is 32.0 Å². The van der Waals surface area contributed by atoms with Crippen LogP contribution in [0.3, 0.4) is 0 Å². The molecular formula is C15H22O4. The Morgan fingerprint density at radius 3 is 1.74 bits per heavy atom. The summed E-state index contributed by atoms with van der Waals surface area (Å²) in [6.07, 6.45) is 0. The van der Waals surface area contributed by atoms with Crippen LogP contribution in [0.1, 0.15) is 42.3 Å². The number of carbonyl (C=O) groups is 2. The van der Waals surface area contributed by atoms with E-state index in [1.165, 1.54) is 6.92 Å². The molecule has 19 heavy (non-hydrogen) atoms. The Bertz CT molecular complexity index is 404. The van der Waals surface area contributed by atoms with Gasteiger partial charge in [0.25, 0.3) is 0 Å². The third-order valence-corrected chi connectivity index (χ3v) is 2.08. The highest BCUT2D eigenvalue weighted by molar-refractivity contribution is 5.89. The molecule has 0 aliphatic rings. The maximum atomic E-state index is 11.3. The van der Waals surface area contributed by atoms with Gasteiger partial charge >= 0.3 is 11.9 Å². The lowest BCUT2D eigenvalue weighted by Crippen LogP contribution is -2.05. The SMILES string of the molecule is CCOC(=O)c1cc(C)cc(C)c1.CCOC(C)=O. The van der Waals surface area contributed by atoms with Crippen molar-refractivity contribution in [3.8, 4) is 0 Å². The van der Waals surface area contributed by atoms with Crippen LogP contribution < -0.4 is 0 Å². The Balaban J connectivity index is 0.000000459. The lowest BCUT2D eigenvalue weighted by molar-refractivity contribution is -0.140. The number of benzene rings is 1. The Morgan fingerprint density at radius 1 is 0.947 bits per heavy atom. The minimum absolute atomic E-state index is 0.211. The second kappa shape index (κ2) is 9.14. The van der Waals surface area contributed by atoms with Crippen LogP contribution in [0.25, 0.3) is 0 Å². The lowest BCUT2D eigenvalue weighted by atomic mass is 10.1. The van der Waals surface area contributed by atoms with Crippen molar-refractivity contribution >= 4 is 11.9 Å². The quantitative estimate of drug-likeness (QED) is 0.789. The molecule has 0 unspecified atom stereocenters. The molecule has 0 bridgehead atoms. The Labute approximate surface area is 114 Å². The molecule has 0 fully saturated rings. The first-order valence-electron chi connectivity index (χ1n) is 6.29. The molecule has 0 heterocycles. The van der Waals surface area contributed by atoms with E-state index in [9.17, 15) is 9.59 Å². The van der Waals surface area contributed by atoms with E-state index in [0.717, 1.165) is 11.1 Å². The summed E-state index contributed by atoms with van der Waals surface area (Å²) in [5.41, 5.74) is 2.81. The molecule has 0 radical (unpaired) electrons. The van der Waals surface area contributed by atoms with Gasteiger partial charge in [-0.3, -0.25) is 4.79 Å². The second-order valence-corrected chi connectivity index (χ2v) is 4.02. The molecule has 0 saturated heterocycles. The first-order valence-corrected chi connectivity index (χ1v) is 6.29. The summed E-state index contributed by atoms with van der Waals surface area (Å²) in [4.78, 5) is 21.1. The maximum absolute atomic E-state index is 11.3. The molecule has 1 aromatic rings. The third-order valence-electron chi connectivity index (χ3n) is 2.08. The van der Waals surface area contributed by atoms with Gasteiger partial charge in [0.05, 0.1) is 18.8 Å². The summed E-state index contributed by atoms with van der Waals surface area (Å²) in [5, 5.41) is 0. The second-order valence-electron chi connectivity index (χ2n) is 4.02. The van der Waals surface area contributed by atoms with Crippen molar-refractivity contribution in [2.45, 2.75) is 34.6 Å². The summed E-state index contributed by atoms with van der Waals surface area (Å²) < 4.78 is 9.30. The normalized spacial score (nSPS) is 9.11. The first-order chi connectivity index (χ1) is 8.90. The molecule has 0 aliphatic carbocycles. The summed E-state index contributed by atoms with van der Waals surface area (Å²) in [7, 11) is 0. The number of carbonyl (C=O) groups excluding carboxylic acids is 2. The van der Waals surface area contributed by atoms with Crippen molar-refractivity contribution in [1.82, 2.24) is 0 Å². The highest BCUT2D eigenvalue weighted by Gasteiger charge is 2.06. The van der Waals surface area contributed by atoms with Crippen LogP contribution in [0.2, 0.25) is 0 Å².